The van der Waals surface area contributed by atoms with Gasteiger partial charge in [-0.25, -0.2) is 0 Å². The Morgan fingerprint density at radius 2 is 2.28 bits per heavy atom. The highest BCUT2D eigenvalue weighted by molar-refractivity contribution is 6.32. The summed E-state index contributed by atoms with van der Waals surface area (Å²) in [6.45, 7) is 5.15. The van der Waals surface area contributed by atoms with Crippen molar-refractivity contribution in [1.82, 2.24) is 19.6 Å². The molecule has 0 N–H and O–H groups in total. The zero-order valence-electron chi connectivity index (χ0n) is 10.00. The smallest absolute Gasteiger partial charge is 0.358 e. The molecule has 96 valence electrons. The molecule has 0 amide bonds. The van der Waals surface area contributed by atoms with Crippen molar-refractivity contribution in [3.63, 3.8) is 0 Å². The Bertz CT molecular complexity index is 589. The molecule has 0 aromatic carbocycles. The second-order valence-corrected chi connectivity index (χ2v) is 4.23. The van der Waals surface area contributed by atoms with Crippen LogP contribution >= 0.6 is 11.6 Å². The van der Waals surface area contributed by atoms with Crippen LogP contribution in [0.4, 0.5) is 5.82 Å². The van der Waals surface area contributed by atoms with E-state index >= 15 is 0 Å². The average molecular weight is 270 g/mol. The number of hydrogen-bond donors (Lipinski definition) is 0. The van der Waals surface area contributed by atoms with E-state index in [1.54, 1.807) is 6.20 Å². The van der Waals surface area contributed by atoms with E-state index in [2.05, 4.69) is 10.2 Å². The van der Waals surface area contributed by atoms with Gasteiger partial charge in [-0.05, 0) is 18.8 Å². The predicted octanol–water partition coefficient (Wildman–Crippen LogP) is 2.02. The summed E-state index contributed by atoms with van der Waals surface area (Å²) < 4.78 is 3.30. The molecule has 2 heterocycles. The minimum absolute atomic E-state index is 0.0422. The third kappa shape index (κ3) is 2.21. The van der Waals surface area contributed by atoms with Crippen molar-refractivity contribution in [2.45, 2.75) is 26.9 Å². The molecule has 18 heavy (non-hydrogen) atoms. The van der Waals surface area contributed by atoms with E-state index < -0.39 is 4.92 Å². The second kappa shape index (κ2) is 4.77. The van der Waals surface area contributed by atoms with Crippen molar-refractivity contribution in [1.29, 1.82) is 0 Å². The maximum absolute atomic E-state index is 10.6. The number of nitrogens with zero attached hydrogens (tertiary/aromatic N) is 5. The number of hydrogen-bond acceptors (Lipinski definition) is 4. The maximum atomic E-state index is 10.6. The van der Waals surface area contributed by atoms with Gasteiger partial charge < -0.3 is 10.1 Å². The highest BCUT2D eigenvalue weighted by Crippen LogP contribution is 2.22. The van der Waals surface area contributed by atoms with Gasteiger partial charge in [0.1, 0.15) is 0 Å². The lowest BCUT2D eigenvalue weighted by Crippen LogP contribution is -2.04. The highest BCUT2D eigenvalue weighted by atomic mass is 35.5. The lowest BCUT2D eigenvalue weighted by atomic mass is 10.2. The summed E-state index contributed by atoms with van der Waals surface area (Å²) in [5.41, 5.74) is 1.98. The number of halogens is 1. The van der Waals surface area contributed by atoms with Gasteiger partial charge in [-0.3, -0.25) is 4.68 Å². The first-order valence-corrected chi connectivity index (χ1v) is 5.79. The van der Waals surface area contributed by atoms with Crippen LogP contribution in [0.5, 0.6) is 0 Å². The average Bonchev–Trinajstić information content (AvgIpc) is 2.84. The van der Waals surface area contributed by atoms with Crippen molar-refractivity contribution in [3.05, 3.63) is 38.8 Å². The van der Waals surface area contributed by atoms with E-state index in [0.29, 0.717) is 6.54 Å². The van der Waals surface area contributed by atoms with Crippen molar-refractivity contribution in [2.75, 3.05) is 0 Å². The fourth-order valence-corrected chi connectivity index (χ4v) is 1.94. The molecule has 0 bridgehead atoms. The molecule has 0 unspecified atom stereocenters. The summed E-state index contributed by atoms with van der Waals surface area (Å²) in [5, 5.41) is 18.7. The molecular formula is C10H12ClN5O2. The van der Waals surface area contributed by atoms with Crippen molar-refractivity contribution >= 4 is 17.4 Å². The van der Waals surface area contributed by atoms with Gasteiger partial charge in [-0.15, -0.1) is 0 Å². The molecule has 2 aromatic heterocycles. The van der Waals surface area contributed by atoms with Crippen molar-refractivity contribution in [2.24, 2.45) is 0 Å². The second-order valence-electron chi connectivity index (χ2n) is 3.83. The summed E-state index contributed by atoms with van der Waals surface area (Å²) in [4.78, 5) is 10.0. The fourth-order valence-electron chi connectivity index (χ4n) is 1.73. The summed E-state index contributed by atoms with van der Waals surface area (Å²) in [6, 6.07) is 0. The topological polar surface area (TPSA) is 78.8 Å². The normalized spacial score (nSPS) is 10.8. The van der Waals surface area contributed by atoms with E-state index in [4.69, 9.17) is 11.6 Å². The summed E-state index contributed by atoms with van der Waals surface area (Å²) in [6.07, 6.45) is 3.18. The van der Waals surface area contributed by atoms with Crippen molar-refractivity contribution in [3.8, 4) is 0 Å². The van der Waals surface area contributed by atoms with Crippen LogP contribution in [-0.4, -0.2) is 24.5 Å². The fraction of sp³-hybridized carbons (Fsp3) is 0.400. The number of rotatable bonds is 4. The van der Waals surface area contributed by atoms with E-state index in [1.807, 2.05) is 18.5 Å². The first-order valence-electron chi connectivity index (χ1n) is 5.41. The summed E-state index contributed by atoms with van der Waals surface area (Å²) in [5.74, 6) is -0.322. The Morgan fingerprint density at radius 3 is 2.78 bits per heavy atom. The Kier molecular flexibility index (Phi) is 3.33. The molecule has 0 fully saturated rings. The molecule has 0 radical (unpaired) electrons. The molecule has 7 nitrogen and oxygen atoms in total. The number of aryl methyl sites for hydroxylation is 1. The Hall–Kier alpha value is -1.89. The Balaban J connectivity index is 2.26. The predicted molar refractivity (Wildman–Crippen MR) is 65.6 cm³/mol. The van der Waals surface area contributed by atoms with Crippen LogP contribution in [-0.2, 0) is 13.1 Å². The lowest BCUT2D eigenvalue weighted by molar-refractivity contribution is -0.389. The molecule has 8 heteroatoms. The molecule has 0 saturated heterocycles. The summed E-state index contributed by atoms with van der Waals surface area (Å²) >= 11 is 5.73. The van der Waals surface area contributed by atoms with Crippen LogP contribution in [0.1, 0.15) is 18.2 Å². The maximum Gasteiger partial charge on any atom is 0.408 e. The number of nitro groups is 1. The molecule has 0 aliphatic rings. The molecule has 0 atom stereocenters. The van der Waals surface area contributed by atoms with E-state index in [-0.39, 0.29) is 10.8 Å². The molecule has 0 aliphatic carbocycles. The van der Waals surface area contributed by atoms with Crippen LogP contribution in [0.25, 0.3) is 0 Å². The molecule has 2 rings (SSSR count). The standard InChI is InChI=1S/C10H12ClN5O2/c1-3-15-7(2)8(4-12-15)5-14-6-9(11)10(13-14)16(17)18/h4,6H,3,5H2,1-2H3. The SMILES string of the molecule is CCn1ncc(Cn2cc(Cl)c([N+](=O)[O-])n2)c1C. The number of aromatic nitrogens is 4. The zero-order chi connectivity index (χ0) is 13.3. The molecule has 0 aliphatic heterocycles. The van der Waals surface area contributed by atoms with Gasteiger partial charge in [-0.2, -0.15) is 9.78 Å². The molecule has 0 saturated carbocycles. The van der Waals surface area contributed by atoms with Gasteiger partial charge in [0.2, 0.25) is 0 Å². The third-order valence-corrected chi connectivity index (χ3v) is 2.98. The van der Waals surface area contributed by atoms with Gasteiger partial charge in [0.15, 0.2) is 5.02 Å². The first-order chi connectivity index (χ1) is 8.52. The van der Waals surface area contributed by atoms with E-state index in [1.165, 1.54) is 10.9 Å². The Morgan fingerprint density at radius 1 is 1.56 bits per heavy atom. The van der Waals surface area contributed by atoms with Gasteiger partial charge in [0, 0.05) is 17.8 Å². The minimum atomic E-state index is -0.596. The van der Waals surface area contributed by atoms with Crippen LogP contribution in [0.2, 0.25) is 5.02 Å². The largest absolute Gasteiger partial charge is 0.408 e. The molecular weight excluding hydrogens is 258 g/mol. The molecule has 0 spiro atoms. The minimum Gasteiger partial charge on any atom is -0.358 e. The zero-order valence-corrected chi connectivity index (χ0v) is 10.8. The van der Waals surface area contributed by atoms with Gasteiger partial charge >= 0.3 is 5.82 Å². The third-order valence-electron chi connectivity index (χ3n) is 2.71. The summed E-state index contributed by atoms with van der Waals surface area (Å²) in [7, 11) is 0. The Labute approximate surface area is 108 Å². The first kappa shape index (κ1) is 12.6. The quantitative estimate of drug-likeness (QED) is 0.628. The lowest BCUT2D eigenvalue weighted by Gasteiger charge is -2.00. The van der Waals surface area contributed by atoms with Gasteiger partial charge in [0.05, 0.1) is 24.0 Å². The van der Waals surface area contributed by atoms with Crippen LogP contribution in [0.3, 0.4) is 0 Å². The van der Waals surface area contributed by atoms with Gasteiger partial charge in [0.25, 0.3) is 0 Å². The van der Waals surface area contributed by atoms with Crippen LogP contribution in [0, 0.1) is 17.0 Å². The van der Waals surface area contributed by atoms with E-state index in [0.717, 1.165) is 17.8 Å². The van der Waals surface area contributed by atoms with Gasteiger partial charge in [-0.1, -0.05) is 11.6 Å². The highest BCUT2D eigenvalue weighted by Gasteiger charge is 2.19. The monoisotopic (exact) mass is 269 g/mol. The van der Waals surface area contributed by atoms with Crippen molar-refractivity contribution < 1.29 is 4.92 Å². The van der Waals surface area contributed by atoms with E-state index in [9.17, 15) is 10.1 Å². The molecule has 2 aromatic rings. The van der Waals surface area contributed by atoms with Crippen LogP contribution in [0.15, 0.2) is 12.4 Å². The van der Waals surface area contributed by atoms with Crippen LogP contribution < -0.4 is 0 Å².